The Balaban J connectivity index is 2.08. The molecule has 1 aromatic heterocycles. The van der Waals surface area contributed by atoms with Crippen molar-refractivity contribution in [3.63, 3.8) is 0 Å². The quantitative estimate of drug-likeness (QED) is 0.760. The molecule has 0 unspecified atom stereocenters. The Labute approximate surface area is 131 Å². The molecule has 3 rings (SSSR count). The van der Waals surface area contributed by atoms with Gasteiger partial charge in [0.05, 0.1) is 12.1 Å². The molecule has 0 amide bonds. The summed E-state index contributed by atoms with van der Waals surface area (Å²) in [6.45, 7) is 0.491. The van der Waals surface area contributed by atoms with E-state index in [0.717, 1.165) is 16.5 Å². The van der Waals surface area contributed by atoms with Gasteiger partial charge in [0.25, 0.3) is 0 Å². The molecule has 0 atom stereocenters. The van der Waals surface area contributed by atoms with Crippen LogP contribution in [0.3, 0.4) is 0 Å². The Morgan fingerprint density at radius 2 is 1.81 bits per heavy atom. The van der Waals surface area contributed by atoms with E-state index in [1.54, 1.807) is 36.4 Å². The van der Waals surface area contributed by atoms with Crippen molar-refractivity contribution >= 4 is 40.1 Å². The summed E-state index contributed by atoms with van der Waals surface area (Å²) >= 11 is 12.4. The minimum absolute atomic E-state index is 0.257. The van der Waals surface area contributed by atoms with Gasteiger partial charge in [0.15, 0.2) is 0 Å². The number of nitrogens with zero attached hydrogens (tertiary/aromatic N) is 1. The molecule has 3 nitrogen and oxygen atoms in total. The number of hydrogen-bond acceptors (Lipinski definition) is 1. The molecule has 0 radical (unpaired) electrons. The smallest absolute Gasteiger partial charge is 0.335 e. The number of aromatic nitrogens is 1. The molecule has 0 bridgehead atoms. The lowest BCUT2D eigenvalue weighted by molar-refractivity contribution is 0.0697. The molecular formula is C16H11Cl2NO2. The van der Waals surface area contributed by atoms with Crippen molar-refractivity contribution in [2.75, 3.05) is 0 Å². The summed E-state index contributed by atoms with van der Waals surface area (Å²) in [7, 11) is 0. The fourth-order valence-corrected chi connectivity index (χ4v) is 2.83. The maximum atomic E-state index is 11.1. The van der Waals surface area contributed by atoms with Crippen molar-refractivity contribution in [2.24, 2.45) is 0 Å². The number of hydrogen-bond donors (Lipinski definition) is 1. The first-order valence-corrected chi connectivity index (χ1v) is 7.07. The molecular weight excluding hydrogens is 309 g/mol. The lowest BCUT2D eigenvalue weighted by Gasteiger charge is -2.10. The maximum absolute atomic E-state index is 11.1. The lowest BCUT2D eigenvalue weighted by atomic mass is 10.1. The summed E-state index contributed by atoms with van der Waals surface area (Å²) in [6, 6.07) is 12.4. The fourth-order valence-electron chi connectivity index (χ4n) is 2.31. The summed E-state index contributed by atoms with van der Waals surface area (Å²) < 4.78 is 1.94. The Hall–Kier alpha value is -1.97. The number of halogens is 2. The van der Waals surface area contributed by atoms with Crippen LogP contribution < -0.4 is 0 Å². The highest BCUT2D eigenvalue weighted by molar-refractivity contribution is 6.36. The number of carboxylic acid groups (broad SMARTS) is 1. The Morgan fingerprint density at radius 3 is 2.48 bits per heavy atom. The molecule has 1 heterocycles. The van der Waals surface area contributed by atoms with Crippen LogP contribution in [0.25, 0.3) is 10.9 Å². The lowest BCUT2D eigenvalue weighted by Crippen LogP contribution is -2.01. The minimum atomic E-state index is -0.944. The van der Waals surface area contributed by atoms with Gasteiger partial charge in [-0.1, -0.05) is 35.3 Å². The third-order valence-corrected chi connectivity index (χ3v) is 4.12. The Kier molecular flexibility index (Phi) is 3.62. The van der Waals surface area contributed by atoms with Crippen molar-refractivity contribution < 1.29 is 9.90 Å². The molecule has 0 fully saturated rings. The maximum Gasteiger partial charge on any atom is 0.335 e. The molecule has 0 aliphatic heterocycles. The number of rotatable bonds is 3. The summed E-state index contributed by atoms with van der Waals surface area (Å²) in [5.41, 5.74) is 1.91. The summed E-state index contributed by atoms with van der Waals surface area (Å²) in [5.74, 6) is -0.944. The zero-order chi connectivity index (χ0) is 15.0. The first-order chi connectivity index (χ1) is 10.1. The highest BCUT2D eigenvalue weighted by atomic mass is 35.5. The SMILES string of the molecule is O=C(O)c1ccc2ccn(Cc3c(Cl)cccc3Cl)c2c1. The zero-order valence-electron chi connectivity index (χ0n) is 10.9. The van der Waals surface area contributed by atoms with Crippen molar-refractivity contribution in [3.8, 4) is 0 Å². The van der Waals surface area contributed by atoms with Gasteiger partial charge in [-0.15, -0.1) is 0 Å². The topological polar surface area (TPSA) is 42.2 Å². The van der Waals surface area contributed by atoms with Crippen LogP contribution in [0.4, 0.5) is 0 Å². The molecule has 0 spiro atoms. The zero-order valence-corrected chi connectivity index (χ0v) is 12.4. The average molecular weight is 320 g/mol. The second-order valence-electron chi connectivity index (χ2n) is 4.72. The van der Waals surface area contributed by atoms with Crippen LogP contribution >= 0.6 is 23.2 Å². The molecule has 0 saturated heterocycles. The van der Waals surface area contributed by atoms with Crippen LogP contribution in [-0.4, -0.2) is 15.6 Å². The van der Waals surface area contributed by atoms with Gasteiger partial charge in [-0.05, 0) is 35.7 Å². The second kappa shape index (κ2) is 5.43. The summed E-state index contributed by atoms with van der Waals surface area (Å²) in [6.07, 6.45) is 1.90. The standard InChI is InChI=1S/C16H11Cl2NO2/c17-13-2-1-3-14(18)12(13)9-19-7-6-10-4-5-11(16(20)21)8-15(10)19/h1-8H,9H2,(H,20,21). The van der Waals surface area contributed by atoms with Gasteiger partial charge in [-0.3, -0.25) is 0 Å². The highest BCUT2D eigenvalue weighted by Crippen LogP contribution is 2.27. The normalized spacial score (nSPS) is 11.0. The number of carboxylic acids is 1. The van der Waals surface area contributed by atoms with Crippen LogP contribution in [0.15, 0.2) is 48.7 Å². The summed E-state index contributed by atoms with van der Waals surface area (Å²) in [5, 5.41) is 11.3. The van der Waals surface area contributed by atoms with E-state index in [4.69, 9.17) is 28.3 Å². The monoisotopic (exact) mass is 319 g/mol. The Morgan fingerprint density at radius 1 is 1.10 bits per heavy atom. The van der Waals surface area contributed by atoms with Gasteiger partial charge in [0, 0.05) is 27.3 Å². The molecule has 5 heteroatoms. The van der Waals surface area contributed by atoms with Gasteiger partial charge < -0.3 is 9.67 Å². The van der Waals surface area contributed by atoms with Crippen LogP contribution in [-0.2, 0) is 6.54 Å². The van der Waals surface area contributed by atoms with E-state index in [2.05, 4.69) is 0 Å². The molecule has 106 valence electrons. The van der Waals surface area contributed by atoms with Crippen molar-refractivity contribution in [1.82, 2.24) is 4.57 Å². The minimum Gasteiger partial charge on any atom is -0.478 e. The Bertz CT molecular complexity index is 819. The predicted molar refractivity (Wildman–Crippen MR) is 84.5 cm³/mol. The van der Waals surface area contributed by atoms with E-state index in [0.29, 0.717) is 16.6 Å². The van der Waals surface area contributed by atoms with Crippen molar-refractivity contribution in [1.29, 1.82) is 0 Å². The third kappa shape index (κ3) is 2.62. The van der Waals surface area contributed by atoms with Crippen LogP contribution in [0.1, 0.15) is 15.9 Å². The van der Waals surface area contributed by atoms with E-state index in [1.165, 1.54) is 0 Å². The first-order valence-electron chi connectivity index (χ1n) is 6.31. The van der Waals surface area contributed by atoms with Gasteiger partial charge in [0.2, 0.25) is 0 Å². The molecule has 3 aromatic rings. The van der Waals surface area contributed by atoms with Crippen LogP contribution in [0.2, 0.25) is 10.0 Å². The van der Waals surface area contributed by atoms with Gasteiger partial charge in [-0.25, -0.2) is 4.79 Å². The van der Waals surface area contributed by atoms with Gasteiger partial charge in [-0.2, -0.15) is 0 Å². The van der Waals surface area contributed by atoms with Crippen molar-refractivity contribution in [3.05, 3.63) is 69.8 Å². The van der Waals surface area contributed by atoms with Gasteiger partial charge in [0.1, 0.15) is 0 Å². The number of fused-ring (bicyclic) bond motifs is 1. The van der Waals surface area contributed by atoms with Crippen LogP contribution in [0, 0.1) is 0 Å². The van der Waals surface area contributed by atoms with E-state index in [1.807, 2.05) is 16.8 Å². The fraction of sp³-hybridized carbons (Fsp3) is 0.0625. The molecule has 0 aliphatic rings. The predicted octanol–water partition coefficient (Wildman–Crippen LogP) is 4.69. The second-order valence-corrected chi connectivity index (χ2v) is 5.54. The van der Waals surface area contributed by atoms with E-state index in [9.17, 15) is 4.79 Å². The highest BCUT2D eigenvalue weighted by Gasteiger charge is 2.10. The molecule has 2 aromatic carbocycles. The molecule has 1 N–H and O–H groups in total. The molecule has 0 aliphatic carbocycles. The largest absolute Gasteiger partial charge is 0.478 e. The van der Waals surface area contributed by atoms with E-state index in [-0.39, 0.29) is 5.56 Å². The number of aromatic carboxylic acids is 1. The molecule has 21 heavy (non-hydrogen) atoms. The summed E-state index contributed by atoms with van der Waals surface area (Å²) in [4.78, 5) is 11.1. The van der Waals surface area contributed by atoms with Crippen LogP contribution in [0.5, 0.6) is 0 Å². The number of carbonyl (C=O) groups is 1. The first kappa shape index (κ1) is 14.0. The van der Waals surface area contributed by atoms with Crippen molar-refractivity contribution in [2.45, 2.75) is 6.54 Å². The average Bonchev–Trinajstić information content (AvgIpc) is 2.85. The van der Waals surface area contributed by atoms with Gasteiger partial charge >= 0.3 is 5.97 Å². The number of benzene rings is 2. The van der Waals surface area contributed by atoms with E-state index < -0.39 is 5.97 Å². The van der Waals surface area contributed by atoms with E-state index >= 15 is 0 Å². The molecule has 0 saturated carbocycles. The third-order valence-electron chi connectivity index (χ3n) is 3.41.